The Labute approximate surface area is 130 Å². The average molecular weight is 312 g/mol. The molecule has 0 spiro atoms. The fraction of sp³-hybridized carbons (Fsp3) is 0.812. The molecule has 2 aliphatic rings. The molecule has 2 rings (SSSR count). The molecule has 2 heterocycles. The Hall–Kier alpha value is -1.27. The summed E-state index contributed by atoms with van der Waals surface area (Å²) in [4.78, 5) is 36.3. The lowest BCUT2D eigenvalue weighted by molar-refractivity contribution is -0.226. The van der Waals surface area contributed by atoms with Crippen LogP contribution < -0.4 is 0 Å². The SMILES string of the molecule is CCO[C@H](OC(C)=O)[C@@]1(C)C(=O)CC(=O)[C@H](C)[C@@H]2CC[C@H]1O2. The van der Waals surface area contributed by atoms with Crippen molar-refractivity contribution in [2.75, 3.05) is 6.61 Å². The van der Waals surface area contributed by atoms with Gasteiger partial charge in [-0.05, 0) is 26.7 Å². The fourth-order valence-electron chi connectivity index (χ4n) is 3.28. The minimum atomic E-state index is -1.16. The van der Waals surface area contributed by atoms with E-state index in [1.54, 1.807) is 20.8 Å². The molecule has 6 heteroatoms. The van der Waals surface area contributed by atoms with Gasteiger partial charge in [-0.15, -0.1) is 0 Å². The first-order chi connectivity index (χ1) is 10.3. The molecule has 0 aromatic heterocycles. The topological polar surface area (TPSA) is 78.9 Å². The van der Waals surface area contributed by atoms with E-state index >= 15 is 0 Å². The molecule has 0 aliphatic carbocycles. The highest BCUT2D eigenvalue weighted by Crippen LogP contribution is 2.44. The molecule has 2 aliphatic heterocycles. The molecule has 0 unspecified atom stereocenters. The van der Waals surface area contributed by atoms with Crippen molar-refractivity contribution < 1.29 is 28.6 Å². The number of rotatable bonds is 4. The van der Waals surface area contributed by atoms with E-state index in [9.17, 15) is 14.4 Å². The molecule has 6 nitrogen and oxygen atoms in total. The fourth-order valence-corrected chi connectivity index (χ4v) is 3.28. The highest BCUT2D eigenvalue weighted by Gasteiger charge is 2.56. The average Bonchev–Trinajstić information content (AvgIpc) is 2.94. The molecule has 0 radical (unpaired) electrons. The van der Waals surface area contributed by atoms with Crippen LogP contribution in [0.1, 0.15) is 47.0 Å². The summed E-state index contributed by atoms with van der Waals surface area (Å²) in [6.45, 7) is 6.81. The standard InChI is InChI=1S/C16H24O6/c1-5-20-15(21-10(3)17)16(4)13(19)8-11(18)9(2)12-6-7-14(16)22-12/h9,12,14-15H,5-8H2,1-4H3/t9-,12-,14+,15+,16-/m0/s1. The zero-order chi connectivity index (χ0) is 16.5. The van der Waals surface area contributed by atoms with Gasteiger partial charge >= 0.3 is 5.97 Å². The zero-order valence-corrected chi connectivity index (χ0v) is 13.6. The Morgan fingerprint density at radius 2 is 2.09 bits per heavy atom. The summed E-state index contributed by atoms with van der Waals surface area (Å²) in [7, 11) is 0. The summed E-state index contributed by atoms with van der Waals surface area (Å²) >= 11 is 0. The second kappa shape index (κ2) is 6.46. The minimum Gasteiger partial charge on any atom is -0.435 e. The highest BCUT2D eigenvalue weighted by molar-refractivity contribution is 6.03. The number of ketones is 2. The number of carbonyl (C=O) groups excluding carboxylic acids is 3. The van der Waals surface area contributed by atoms with Gasteiger partial charge in [0.2, 0.25) is 6.29 Å². The molecule has 124 valence electrons. The molecule has 2 fully saturated rings. The molecule has 0 aromatic rings. The number of hydrogen-bond donors (Lipinski definition) is 0. The maximum Gasteiger partial charge on any atom is 0.304 e. The van der Waals surface area contributed by atoms with Crippen LogP contribution in [0.3, 0.4) is 0 Å². The lowest BCUT2D eigenvalue weighted by Gasteiger charge is -2.40. The van der Waals surface area contributed by atoms with Gasteiger partial charge in [0.1, 0.15) is 11.2 Å². The second-order valence-corrected chi connectivity index (χ2v) is 6.27. The normalized spacial score (nSPS) is 36.6. The van der Waals surface area contributed by atoms with Crippen molar-refractivity contribution in [2.24, 2.45) is 11.3 Å². The monoisotopic (exact) mass is 312 g/mol. The number of carbonyl (C=O) groups is 3. The van der Waals surface area contributed by atoms with E-state index in [4.69, 9.17) is 14.2 Å². The van der Waals surface area contributed by atoms with Gasteiger partial charge in [-0.2, -0.15) is 0 Å². The lowest BCUT2D eigenvalue weighted by Crippen LogP contribution is -2.54. The first kappa shape index (κ1) is 17.1. The maximum atomic E-state index is 12.8. The number of Topliss-reactive ketones (excluding diaryl/α,β-unsaturated/α-hetero) is 2. The summed E-state index contributed by atoms with van der Waals surface area (Å²) in [5.41, 5.74) is -1.16. The summed E-state index contributed by atoms with van der Waals surface area (Å²) in [6.07, 6.45) is -0.415. The predicted molar refractivity (Wildman–Crippen MR) is 77.0 cm³/mol. The molecule has 2 saturated heterocycles. The third kappa shape index (κ3) is 2.94. The Bertz CT molecular complexity index is 473. The van der Waals surface area contributed by atoms with Gasteiger partial charge in [0.15, 0.2) is 5.78 Å². The Balaban J connectivity index is 2.37. The van der Waals surface area contributed by atoms with Gasteiger partial charge in [-0.3, -0.25) is 14.4 Å². The van der Waals surface area contributed by atoms with Crippen LogP contribution in [0.4, 0.5) is 0 Å². The zero-order valence-electron chi connectivity index (χ0n) is 13.6. The number of ether oxygens (including phenoxy) is 3. The van der Waals surface area contributed by atoms with Crippen molar-refractivity contribution in [3.8, 4) is 0 Å². The third-order valence-corrected chi connectivity index (χ3v) is 4.80. The van der Waals surface area contributed by atoms with Crippen molar-refractivity contribution in [1.29, 1.82) is 0 Å². The predicted octanol–water partition coefficient (Wildman–Crippen LogP) is 1.64. The molecule has 0 N–H and O–H groups in total. The summed E-state index contributed by atoms with van der Waals surface area (Å²) in [5, 5.41) is 0. The van der Waals surface area contributed by atoms with Crippen LogP contribution in [0.2, 0.25) is 0 Å². The van der Waals surface area contributed by atoms with E-state index in [1.807, 2.05) is 0 Å². The van der Waals surface area contributed by atoms with Crippen LogP contribution in [0.25, 0.3) is 0 Å². The van der Waals surface area contributed by atoms with Gasteiger partial charge in [0.05, 0.1) is 18.6 Å². The van der Waals surface area contributed by atoms with E-state index in [0.717, 1.165) is 6.42 Å². The maximum absolute atomic E-state index is 12.8. The molecular weight excluding hydrogens is 288 g/mol. The van der Waals surface area contributed by atoms with Crippen molar-refractivity contribution in [1.82, 2.24) is 0 Å². The molecule has 0 saturated carbocycles. The Morgan fingerprint density at radius 3 is 2.68 bits per heavy atom. The molecule has 22 heavy (non-hydrogen) atoms. The van der Waals surface area contributed by atoms with Crippen LogP contribution in [0, 0.1) is 11.3 Å². The van der Waals surface area contributed by atoms with E-state index < -0.39 is 23.8 Å². The van der Waals surface area contributed by atoms with E-state index in [-0.39, 0.29) is 30.0 Å². The molecule has 5 atom stereocenters. The molecule has 0 amide bonds. The number of esters is 1. The van der Waals surface area contributed by atoms with Crippen molar-refractivity contribution in [3.63, 3.8) is 0 Å². The van der Waals surface area contributed by atoms with Gasteiger partial charge < -0.3 is 14.2 Å². The largest absolute Gasteiger partial charge is 0.435 e. The van der Waals surface area contributed by atoms with Gasteiger partial charge in [-0.1, -0.05) is 6.92 Å². The van der Waals surface area contributed by atoms with Gasteiger partial charge in [-0.25, -0.2) is 0 Å². The van der Waals surface area contributed by atoms with Crippen molar-refractivity contribution >= 4 is 17.5 Å². The van der Waals surface area contributed by atoms with Gasteiger partial charge in [0.25, 0.3) is 0 Å². The second-order valence-electron chi connectivity index (χ2n) is 6.27. The van der Waals surface area contributed by atoms with Crippen LogP contribution in [0.5, 0.6) is 0 Å². The smallest absolute Gasteiger partial charge is 0.304 e. The van der Waals surface area contributed by atoms with E-state index in [1.165, 1.54) is 6.92 Å². The number of hydrogen-bond acceptors (Lipinski definition) is 6. The van der Waals surface area contributed by atoms with Gasteiger partial charge in [0, 0.05) is 19.4 Å². The summed E-state index contributed by atoms with van der Waals surface area (Å²) < 4.78 is 16.7. The van der Waals surface area contributed by atoms with Crippen LogP contribution in [-0.2, 0) is 28.6 Å². The lowest BCUT2D eigenvalue weighted by atomic mass is 9.75. The molecular formula is C16H24O6. The third-order valence-electron chi connectivity index (χ3n) is 4.80. The van der Waals surface area contributed by atoms with Crippen molar-refractivity contribution in [3.05, 3.63) is 0 Å². The Kier molecular flexibility index (Phi) is 5.02. The Morgan fingerprint density at radius 1 is 1.41 bits per heavy atom. The summed E-state index contributed by atoms with van der Waals surface area (Å²) in [6, 6.07) is 0. The quantitative estimate of drug-likeness (QED) is 0.446. The highest BCUT2D eigenvalue weighted by atomic mass is 16.7. The molecule has 2 bridgehead atoms. The first-order valence-corrected chi connectivity index (χ1v) is 7.81. The summed E-state index contributed by atoms with van der Waals surface area (Å²) in [5.74, 6) is -1.21. The van der Waals surface area contributed by atoms with Crippen LogP contribution >= 0.6 is 0 Å². The number of fused-ring (bicyclic) bond motifs is 2. The minimum absolute atomic E-state index is 0.125. The van der Waals surface area contributed by atoms with E-state index in [2.05, 4.69) is 0 Å². The van der Waals surface area contributed by atoms with Crippen LogP contribution in [-0.4, -0.2) is 42.6 Å². The van der Waals surface area contributed by atoms with Crippen molar-refractivity contribution in [2.45, 2.75) is 65.5 Å². The first-order valence-electron chi connectivity index (χ1n) is 7.81. The van der Waals surface area contributed by atoms with Crippen LogP contribution in [0.15, 0.2) is 0 Å². The molecule has 0 aromatic carbocycles. The van der Waals surface area contributed by atoms with E-state index in [0.29, 0.717) is 13.0 Å².